The van der Waals surface area contributed by atoms with Crippen molar-refractivity contribution in [1.82, 2.24) is 10.6 Å². The Morgan fingerprint density at radius 3 is 2.47 bits per heavy atom. The number of rotatable bonds is 8. The second kappa shape index (κ2) is 11.3. The maximum absolute atomic E-state index is 14.7. The number of carbonyl (C=O) groups is 1. The van der Waals surface area contributed by atoms with Gasteiger partial charge in [-0.25, -0.2) is 13.6 Å². The van der Waals surface area contributed by atoms with Gasteiger partial charge in [0.2, 0.25) is 0 Å². The van der Waals surface area contributed by atoms with Crippen LogP contribution in [0.1, 0.15) is 17.0 Å². The summed E-state index contributed by atoms with van der Waals surface area (Å²) in [5, 5.41) is 5.73. The molecule has 0 saturated carbocycles. The van der Waals surface area contributed by atoms with Crippen LogP contribution in [0.2, 0.25) is 0 Å². The zero-order valence-corrected chi connectivity index (χ0v) is 19.2. The molecule has 0 aliphatic carbocycles. The predicted molar refractivity (Wildman–Crippen MR) is 118 cm³/mol. The molecule has 2 atom stereocenters. The van der Waals surface area contributed by atoms with E-state index in [1.54, 1.807) is 0 Å². The molecule has 172 valence electrons. The molecule has 1 aliphatic rings. The van der Waals surface area contributed by atoms with Crippen LogP contribution in [0.4, 0.5) is 13.6 Å². The fourth-order valence-electron chi connectivity index (χ4n) is 3.43. The zero-order valence-electron chi connectivity index (χ0n) is 17.6. The van der Waals surface area contributed by atoms with Gasteiger partial charge in [-0.1, -0.05) is 46.3 Å². The number of hydrogen-bond donors (Lipinski definition) is 2. The first-order valence-electron chi connectivity index (χ1n) is 9.88. The second-order valence-corrected chi connectivity index (χ2v) is 8.00. The largest absolute Gasteiger partial charge is 0.445 e. The number of amidine groups is 1. The Morgan fingerprint density at radius 1 is 1.19 bits per heavy atom. The maximum atomic E-state index is 14.7. The summed E-state index contributed by atoms with van der Waals surface area (Å²) in [7, 11) is 2.97. The van der Waals surface area contributed by atoms with Gasteiger partial charge >= 0.3 is 6.09 Å². The zero-order chi connectivity index (χ0) is 23.1. The number of aliphatic imine (C=N–C) groups is 1. The summed E-state index contributed by atoms with van der Waals surface area (Å²) in [4.78, 5) is 16.9. The van der Waals surface area contributed by atoms with Crippen molar-refractivity contribution in [3.05, 3.63) is 69.7 Å². The lowest BCUT2D eigenvalue weighted by Crippen LogP contribution is -2.49. The van der Waals surface area contributed by atoms with Crippen LogP contribution in [-0.2, 0) is 20.8 Å². The Labute approximate surface area is 193 Å². The number of methoxy groups -OCH3 is 2. The summed E-state index contributed by atoms with van der Waals surface area (Å²) in [5.74, 6) is -1.87. The van der Waals surface area contributed by atoms with Crippen molar-refractivity contribution in [3.8, 4) is 0 Å². The Hall–Kier alpha value is -2.56. The monoisotopic (exact) mass is 511 g/mol. The van der Waals surface area contributed by atoms with E-state index < -0.39 is 36.0 Å². The quantitative estimate of drug-likeness (QED) is 0.527. The number of ether oxygens (including phenoxy) is 3. The third-order valence-electron chi connectivity index (χ3n) is 5.03. The average molecular weight is 512 g/mol. The van der Waals surface area contributed by atoms with Crippen LogP contribution >= 0.6 is 15.9 Å². The molecule has 0 spiro atoms. The number of benzene rings is 2. The Bertz CT molecular complexity index is 934. The summed E-state index contributed by atoms with van der Waals surface area (Å²) in [6, 6.07) is 10.7. The van der Waals surface area contributed by atoms with Crippen molar-refractivity contribution in [2.75, 3.05) is 27.3 Å². The fourth-order valence-corrected chi connectivity index (χ4v) is 3.84. The number of amides is 1. The molecule has 0 aromatic heterocycles. The van der Waals surface area contributed by atoms with Crippen molar-refractivity contribution < 1.29 is 27.8 Å². The lowest BCUT2D eigenvalue weighted by Gasteiger charge is -2.25. The fraction of sp³-hybridized carbons (Fsp3) is 0.364. The molecule has 2 aromatic rings. The van der Waals surface area contributed by atoms with Gasteiger partial charge in [0.1, 0.15) is 24.1 Å². The summed E-state index contributed by atoms with van der Waals surface area (Å²) >= 11 is 3.08. The van der Waals surface area contributed by atoms with Gasteiger partial charge in [-0.05, 0) is 17.7 Å². The van der Waals surface area contributed by atoms with Gasteiger partial charge < -0.3 is 24.8 Å². The minimum Gasteiger partial charge on any atom is -0.445 e. The first kappa shape index (κ1) is 24.1. The topological polar surface area (TPSA) is 81.2 Å². The first-order valence-corrected chi connectivity index (χ1v) is 10.7. The highest BCUT2D eigenvalue weighted by atomic mass is 79.9. The normalized spacial score (nSPS) is 17.9. The van der Waals surface area contributed by atoms with Crippen LogP contribution in [0.25, 0.3) is 0 Å². The van der Waals surface area contributed by atoms with E-state index in [-0.39, 0.29) is 29.7 Å². The number of carbonyl (C=O) groups excluding carboxylic acids is 1. The maximum Gasteiger partial charge on any atom is 0.408 e. The van der Waals surface area contributed by atoms with E-state index in [2.05, 4.69) is 31.6 Å². The molecule has 1 heterocycles. The average Bonchev–Trinajstić information content (AvgIpc) is 3.15. The van der Waals surface area contributed by atoms with E-state index >= 15 is 0 Å². The van der Waals surface area contributed by atoms with Crippen LogP contribution in [0.3, 0.4) is 0 Å². The molecule has 2 N–H and O–H groups in total. The van der Waals surface area contributed by atoms with Gasteiger partial charge in [0, 0.05) is 30.2 Å². The lowest BCUT2D eigenvalue weighted by molar-refractivity contribution is -0.0966. The van der Waals surface area contributed by atoms with Gasteiger partial charge in [0.15, 0.2) is 6.29 Å². The van der Waals surface area contributed by atoms with E-state index in [1.807, 2.05) is 30.3 Å². The first-order chi connectivity index (χ1) is 15.4. The van der Waals surface area contributed by atoms with Gasteiger partial charge in [0.25, 0.3) is 0 Å². The molecular weight excluding hydrogens is 488 g/mol. The highest BCUT2D eigenvalue weighted by Gasteiger charge is 2.38. The van der Waals surface area contributed by atoms with Crippen LogP contribution in [0, 0.1) is 11.6 Å². The minimum absolute atomic E-state index is 0.0559. The second-order valence-electron chi connectivity index (χ2n) is 7.08. The molecule has 0 saturated heterocycles. The summed E-state index contributed by atoms with van der Waals surface area (Å²) < 4.78 is 45.2. The number of nitrogens with one attached hydrogen (secondary N) is 2. The van der Waals surface area contributed by atoms with Gasteiger partial charge in [-0.2, -0.15) is 0 Å². The number of alkyl carbamates (subject to hydrolysis) is 1. The van der Waals surface area contributed by atoms with E-state index in [0.717, 1.165) is 5.56 Å². The third-order valence-corrected chi connectivity index (χ3v) is 5.49. The van der Waals surface area contributed by atoms with E-state index in [4.69, 9.17) is 14.2 Å². The van der Waals surface area contributed by atoms with Crippen molar-refractivity contribution in [3.63, 3.8) is 0 Å². The van der Waals surface area contributed by atoms with E-state index in [1.165, 1.54) is 26.4 Å². The molecule has 0 bridgehead atoms. The summed E-state index contributed by atoms with van der Waals surface area (Å²) in [5.41, 5.74) is 0.655. The van der Waals surface area contributed by atoms with Crippen LogP contribution < -0.4 is 10.6 Å². The molecule has 10 heteroatoms. The number of halogens is 3. The molecule has 2 aromatic carbocycles. The molecular formula is C22H24BrF2N3O4. The molecule has 1 aliphatic heterocycles. The van der Waals surface area contributed by atoms with Crippen molar-refractivity contribution >= 4 is 27.9 Å². The van der Waals surface area contributed by atoms with Crippen LogP contribution in [0.5, 0.6) is 0 Å². The van der Waals surface area contributed by atoms with E-state index in [0.29, 0.717) is 5.84 Å². The Balaban J connectivity index is 1.77. The van der Waals surface area contributed by atoms with Crippen molar-refractivity contribution in [2.45, 2.75) is 24.9 Å². The highest BCUT2D eigenvalue weighted by Crippen LogP contribution is 2.32. The molecule has 0 unspecified atom stereocenters. The molecule has 7 nitrogen and oxygen atoms in total. The molecule has 3 rings (SSSR count). The predicted octanol–water partition coefficient (Wildman–Crippen LogP) is 3.73. The number of hydrogen-bond acceptors (Lipinski definition) is 6. The van der Waals surface area contributed by atoms with Gasteiger partial charge in [-0.3, -0.25) is 4.99 Å². The molecule has 0 radical (unpaired) electrons. The van der Waals surface area contributed by atoms with Gasteiger partial charge in [0.05, 0.1) is 19.1 Å². The standard InChI is InChI=1S/C22H24BrF2N3O4/c1-30-18(31-2)11-27-21-20(28-22(29)32-12-13-6-4-3-5-7-13)15(10-26-21)19-16(24)8-14(23)9-17(19)25/h3-9,15,18,20H,10-12H2,1-2H3,(H,26,27)(H,28,29)/t15-,20-/m0/s1. The Morgan fingerprint density at radius 2 is 1.84 bits per heavy atom. The SMILES string of the molecule is COC(CNC1=NC[C@@H](c2c(F)cc(Br)cc2F)[C@@H]1NC(=O)OCc1ccccc1)OC. The molecule has 0 fully saturated rings. The van der Waals surface area contributed by atoms with Gasteiger partial charge in [-0.15, -0.1) is 0 Å². The van der Waals surface area contributed by atoms with Crippen LogP contribution in [0.15, 0.2) is 51.9 Å². The highest BCUT2D eigenvalue weighted by molar-refractivity contribution is 9.10. The minimum atomic E-state index is -0.835. The van der Waals surface area contributed by atoms with E-state index in [9.17, 15) is 13.6 Å². The Kier molecular flexibility index (Phi) is 8.54. The van der Waals surface area contributed by atoms with Crippen LogP contribution in [-0.4, -0.2) is 51.6 Å². The summed E-state index contributed by atoms with van der Waals surface area (Å²) in [6.45, 7) is 0.355. The third kappa shape index (κ3) is 6.02. The lowest BCUT2D eigenvalue weighted by atomic mass is 9.92. The molecule has 1 amide bonds. The summed E-state index contributed by atoms with van der Waals surface area (Å²) in [6.07, 6.45) is -1.29. The van der Waals surface area contributed by atoms with Crippen molar-refractivity contribution in [1.29, 1.82) is 0 Å². The molecule has 32 heavy (non-hydrogen) atoms. The van der Waals surface area contributed by atoms with Crippen molar-refractivity contribution in [2.24, 2.45) is 4.99 Å². The smallest absolute Gasteiger partial charge is 0.408 e. The number of nitrogens with zero attached hydrogens (tertiary/aromatic N) is 1.